The third-order valence-corrected chi connectivity index (χ3v) is 7.14. The fourth-order valence-electron chi connectivity index (χ4n) is 3.41. The Morgan fingerprint density at radius 3 is 2.50 bits per heavy atom. The molecule has 0 bridgehead atoms. The number of phenolic OH excluding ortho intramolecular Hbond substituents is 1. The normalized spacial score (nSPS) is 14.7. The Hall–Kier alpha value is -2.95. The van der Waals surface area contributed by atoms with Gasteiger partial charge in [0, 0.05) is 25.0 Å². The number of hydrogen-bond acceptors (Lipinski definition) is 5. The van der Waals surface area contributed by atoms with Gasteiger partial charge in [0.25, 0.3) is 5.91 Å². The zero-order chi connectivity index (χ0) is 21.3. The molecule has 1 fully saturated rings. The maximum atomic E-state index is 12.9. The van der Waals surface area contributed by atoms with Gasteiger partial charge in [0.2, 0.25) is 10.0 Å². The first-order chi connectivity index (χ1) is 14.4. The number of carbonyl (C=O) groups excluding carboxylic acids is 1. The van der Waals surface area contributed by atoms with Gasteiger partial charge in [-0.05, 0) is 55.4 Å². The summed E-state index contributed by atoms with van der Waals surface area (Å²) in [6.45, 7) is 0.930. The summed E-state index contributed by atoms with van der Waals surface area (Å²) in [5, 5.41) is 12.8. The number of sulfonamides is 1. The largest absolute Gasteiger partial charge is 0.506 e. The minimum atomic E-state index is -3.68. The molecule has 2 aromatic carbocycles. The summed E-state index contributed by atoms with van der Waals surface area (Å²) in [7, 11) is -3.68. The molecule has 30 heavy (non-hydrogen) atoms. The second-order valence-corrected chi connectivity index (χ2v) is 9.22. The number of aromatic amines is 1. The smallest absolute Gasteiger partial charge is 0.274 e. The molecule has 1 saturated heterocycles. The van der Waals surface area contributed by atoms with Crippen LogP contribution in [0.5, 0.6) is 5.75 Å². The quantitative estimate of drug-likeness (QED) is 0.414. The molecule has 4 rings (SSSR count). The van der Waals surface area contributed by atoms with Crippen molar-refractivity contribution in [3.05, 3.63) is 65.2 Å². The van der Waals surface area contributed by atoms with E-state index in [1.54, 1.807) is 16.7 Å². The van der Waals surface area contributed by atoms with Crippen molar-refractivity contribution in [1.29, 1.82) is 0 Å². The molecule has 1 amide bonds. The van der Waals surface area contributed by atoms with Gasteiger partial charge < -0.3 is 15.4 Å². The second kappa shape index (κ2) is 8.05. The Labute approximate surface area is 178 Å². The van der Waals surface area contributed by atoms with Crippen LogP contribution in [-0.2, 0) is 10.0 Å². The fourth-order valence-corrected chi connectivity index (χ4v) is 5.22. The van der Waals surface area contributed by atoms with E-state index in [4.69, 9.17) is 12.2 Å². The van der Waals surface area contributed by atoms with Gasteiger partial charge in [-0.3, -0.25) is 9.36 Å². The summed E-state index contributed by atoms with van der Waals surface area (Å²) in [6.07, 6.45) is 3.10. The predicted octanol–water partition coefficient (Wildman–Crippen LogP) is 3.28. The Morgan fingerprint density at radius 1 is 1.10 bits per heavy atom. The van der Waals surface area contributed by atoms with Gasteiger partial charge in [-0.2, -0.15) is 4.31 Å². The molecule has 1 aliphatic heterocycles. The number of aromatic hydroxyl groups is 1. The van der Waals surface area contributed by atoms with Crippen molar-refractivity contribution >= 4 is 33.8 Å². The monoisotopic (exact) mass is 444 g/mol. The highest BCUT2D eigenvalue weighted by atomic mass is 32.2. The first-order valence-corrected chi connectivity index (χ1v) is 11.2. The lowest BCUT2D eigenvalue weighted by molar-refractivity contribution is 0.102. The summed E-state index contributed by atoms with van der Waals surface area (Å²) in [6, 6.07) is 13.0. The zero-order valence-electron chi connectivity index (χ0n) is 15.9. The van der Waals surface area contributed by atoms with Crippen molar-refractivity contribution in [2.24, 2.45) is 0 Å². The Morgan fingerprint density at radius 2 is 1.80 bits per heavy atom. The number of benzene rings is 2. The number of carbonyl (C=O) groups is 1. The third-order valence-electron chi connectivity index (χ3n) is 4.94. The summed E-state index contributed by atoms with van der Waals surface area (Å²) in [4.78, 5) is 15.8. The topological polar surface area (TPSA) is 107 Å². The van der Waals surface area contributed by atoms with E-state index in [0.29, 0.717) is 23.5 Å². The average Bonchev–Trinajstić information content (AvgIpc) is 3.40. The Bertz CT molecular complexity index is 1240. The van der Waals surface area contributed by atoms with Crippen LogP contribution in [0, 0.1) is 4.77 Å². The highest BCUT2D eigenvalue weighted by Gasteiger charge is 2.28. The summed E-state index contributed by atoms with van der Waals surface area (Å²) < 4.78 is 28.9. The SMILES string of the molecule is O=C(Nc1cc(S(=O)(=O)N2CCCC2)ccc1O)c1c[nH]c(=S)n1-c1ccccc1. The number of nitrogens with zero attached hydrogens (tertiary/aromatic N) is 2. The van der Waals surface area contributed by atoms with E-state index in [9.17, 15) is 18.3 Å². The minimum Gasteiger partial charge on any atom is -0.506 e. The van der Waals surface area contributed by atoms with Gasteiger partial charge in [-0.25, -0.2) is 8.42 Å². The molecule has 0 spiro atoms. The van der Waals surface area contributed by atoms with Crippen LogP contribution < -0.4 is 5.32 Å². The van der Waals surface area contributed by atoms with Crippen molar-refractivity contribution in [2.45, 2.75) is 17.7 Å². The highest BCUT2D eigenvalue weighted by Crippen LogP contribution is 2.30. The van der Waals surface area contributed by atoms with Crippen LogP contribution in [0.4, 0.5) is 5.69 Å². The van der Waals surface area contributed by atoms with E-state index in [1.807, 2.05) is 18.2 Å². The van der Waals surface area contributed by atoms with E-state index >= 15 is 0 Å². The van der Waals surface area contributed by atoms with E-state index in [0.717, 1.165) is 12.8 Å². The lowest BCUT2D eigenvalue weighted by Gasteiger charge is -2.17. The van der Waals surface area contributed by atoms with Gasteiger partial charge in [0.05, 0.1) is 10.6 Å². The molecule has 3 N–H and O–H groups in total. The van der Waals surface area contributed by atoms with Crippen LogP contribution in [0.15, 0.2) is 59.6 Å². The number of nitrogens with one attached hydrogen (secondary N) is 2. The summed E-state index contributed by atoms with van der Waals surface area (Å²) >= 11 is 5.29. The van der Waals surface area contributed by atoms with E-state index in [1.165, 1.54) is 28.7 Å². The van der Waals surface area contributed by atoms with Crippen molar-refractivity contribution in [3.8, 4) is 11.4 Å². The summed E-state index contributed by atoms with van der Waals surface area (Å²) in [5.41, 5.74) is 0.925. The van der Waals surface area contributed by atoms with E-state index in [2.05, 4.69) is 10.3 Å². The number of aromatic nitrogens is 2. The molecule has 0 unspecified atom stereocenters. The zero-order valence-corrected chi connectivity index (χ0v) is 17.5. The summed E-state index contributed by atoms with van der Waals surface area (Å²) in [5.74, 6) is -0.777. The van der Waals surface area contributed by atoms with Crippen molar-refractivity contribution < 1.29 is 18.3 Å². The number of rotatable bonds is 5. The second-order valence-electron chi connectivity index (χ2n) is 6.89. The molecular weight excluding hydrogens is 424 g/mol. The maximum absolute atomic E-state index is 12.9. The number of H-pyrrole nitrogens is 1. The van der Waals surface area contributed by atoms with Gasteiger partial charge in [0.15, 0.2) is 4.77 Å². The number of anilines is 1. The van der Waals surface area contributed by atoms with Gasteiger partial charge >= 0.3 is 0 Å². The van der Waals surface area contributed by atoms with Crippen LogP contribution in [0.25, 0.3) is 5.69 Å². The molecule has 0 atom stereocenters. The minimum absolute atomic E-state index is 0.00648. The molecule has 0 radical (unpaired) electrons. The standard InChI is InChI=1S/C20H20N4O4S2/c25-18-9-8-15(30(27,28)23-10-4-5-11-23)12-16(18)22-19(26)17-13-21-20(29)24(17)14-6-2-1-3-7-14/h1-3,6-9,12-13,25H,4-5,10-11H2,(H,21,29)(H,22,26). The van der Waals surface area contributed by atoms with Crippen LogP contribution in [0.2, 0.25) is 0 Å². The van der Waals surface area contributed by atoms with Crippen molar-refractivity contribution in [2.75, 3.05) is 18.4 Å². The van der Waals surface area contributed by atoms with Crippen LogP contribution in [0.3, 0.4) is 0 Å². The number of phenols is 1. The molecule has 1 aromatic heterocycles. The molecule has 8 nitrogen and oxygen atoms in total. The van der Waals surface area contributed by atoms with E-state index in [-0.39, 0.29) is 22.0 Å². The van der Waals surface area contributed by atoms with Gasteiger partial charge in [-0.15, -0.1) is 0 Å². The first-order valence-electron chi connectivity index (χ1n) is 9.38. The predicted molar refractivity (Wildman–Crippen MR) is 115 cm³/mol. The molecule has 3 aromatic rings. The molecule has 2 heterocycles. The van der Waals surface area contributed by atoms with Crippen molar-refractivity contribution in [3.63, 3.8) is 0 Å². The molecule has 10 heteroatoms. The molecule has 0 aliphatic carbocycles. The molecular formula is C20H20N4O4S2. The van der Waals surface area contributed by atoms with Crippen LogP contribution in [0.1, 0.15) is 23.3 Å². The van der Waals surface area contributed by atoms with Gasteiger partial charge in [-0.1, -0.05) is 18.2 Å². The molecule has 1 aliphatic rings. The number of para-hydroxylation sites is 1. The third kappa shape index (κ3) is 3.76. The van der Waals surface area contributed by atoms with Gasteiger partial charge in [0.1, 0.15) is 11.4 Å². The lowest BCUT2D eigenvalue weighted by atomic mass is 10.2. The molecule has 0 saturated carbocycles. The lowest BCUT2D eigenvalue weighted by Crippen LogP contribution is -2.28. The maximum Gasteiger partial charge on any atom is 0.274 e. The number of hydrogen-bond donors (Lipinski definition) is 3. The Kier molecular flexibility index (Phi) is 5.46. The van der Waals surface area contributed by atoms with Crippen molar-refractivity contribution in [1.82, 2.24) is 13.9 Å². The average molecular weight is 445 g/mol. The first kappa shape index (κ1) is 20.3. The molecule has 156 valence electrons. The number of imidazole rings is 1. The van der Waals surface area contributed by atoms with E-state index < -0.39 is 15.9 Å². The Balaban J connectivity index is 1.66. The number of amides is 1. The highest BCUT2D eigenvalue weighted by molar-refractivity contribution is 7.89. The van der Waals surface area contributed by atoms with Crippen LogP contribution in [-0.4, -0.2) is 46.4 Å². The fraction of sp³-hybridized carbons (Fsp3) is 0.200. The van der Waals surface area contributed by atoms with Crippen LogP contribution >= 0.6 is 12.2 Å².